The molecule has 0 saturated carbocycles. The van der Waals surface area contributed by atoms with E-state index in [9.17, 15) is 9.59 Å². The second-order valence-electron chi connectivity index (χ2n) is 7.92. The van der Waals surface area contributed by atoms with Crippen molar-refractivity contribution in [3.63, 3.8) is 0 Å². The monoisotopic (exact) mass is 441 g/mol. The Balaban J connectivity index is 1.76. The van der Waals surface area contributed by atoms with Crippen molar-refractivity contribution >= 4 is 23.1 Å². The Morgan fingerprint density at radius 1 is 0.970 bits per heavy atom. The summed E-state index contributed by atoms with van der Waals surface area (Å²) in [5, 5.41) is 0. The smallest absolute Gasteiger partial charge is 0.282 e. The number of likely N-dealkylation sites (N-methyl/N-ethyl adjacent to an activating group) is 1. The van der Waals surface area contributed by atoms with Crippen molar-refractivity contribution in [2.75, 3.05) is 25.1 Å². The van der Waals surface area contributed by atoms with Crippen LogP contribution in [-0.4, -0.2) is 41.9 Å². The number of anilines is 1. The van der Waals surface area contributed by atoms with Crippen LogP contribution in [0, 0.1) is 6.92 Å². The highest BCUT2D eigenvalue weighted by Gasteiger charge is 2.42. The van der Waals surface area contributed by atoms with Gasteiger partial charge >= 0.3 is 0 Å². The van der Waals surface area contributed by atoms with Crippen molar-refractivity contribution in [1.29, 1.82) is 0 Å². The topological polar surface area (TPSA) is 62.7 Å². The summed E-state index contributed by atoms with van der Waals surface area (Å²) in [6, 6.07) is 18.7. The molecule has 0 N–H and O–H groups in total. The first-order valence-corrected chi connectivity index (χ1v) is 11.0. The average molecular weight is 442 g/mol. The van der Waals surface area contributed by atoms with Gasteiger partial charge in [-0.2, -0.15) is 0 Å². The highest BCUT2D eigenvalue weighted by atomic mass is 16.5. The zero-order valence-corrected chi connectivity index (χ0v) is 19.1. The van der Waals surface area contributed by atoms with Crippen molar-refractivity contribution in [3.8, 4) is 5.75 Å². The molecule has 1 aliphatic heterocycles. The molecular weight excluding hydrogens is 414 g/mol. The summed E-state index contributed by atoms with van der Waals surface area (Å²) in [5.74, 6) is -0.0571. The van der Waals surface area contributed by atoms with Gasteiger partial charge in [-0.3, -0.25) is 14.6 Å². The minimum absolute atomic E-state index is 0.319. The molecule has 0 spiro atoms. The van der Waals surface area contributed by atoms with Crippen LogP contribution in [0.2, 0.25) is 0 Å². The number of benzene rings is 2. The lowest BCUT2D eigenvalue weighted by atomic mass is 10.0. The van der Waals surface area contributed by atoms with E-state index in [-0.39, 0.29) is 11.8 Å². The van der Waals surface area contributed by atoms with E-state index >= 15 is 0 Å². The van der Waals surface area contributed by atoms with Crippen LogP contribution >= 0.6 is 0 Å². The molecule has 2 aromatic carbocycles. The van der Waals surface area contributed by atoms with Crippen LogP contribution in [0.5, 0.6) is 5.75 Å². The van der Waals surface area contributed by atoms with Gasteiger partial charge in [-0.25, -0.2) is 4.90 Å². The fourth-order valence-electron chi connectivity index (χ4n) is 4.02. The fourth-order valence-corrected chi connectivity index (χ4v) is 4.02. The number of aryl methyl sites for hydroxylation is 1. The molecule has 1 aromatic heterocycles. The quantitative estimate of drug-likeness (QED) is 0.489. The normalized spacial score (nSPS) is 13.6. The highest BCUT2D eigenvalue weighted by Crippen LogP contribution is 2.36. The Kier molecular flexibility index (Phi) is 6.54. The third-order valence-electron chi connectivity index (χ3n) is 5.83. The van der Waals surface area contributed by atoms with Crippen molar-refractivity contribution < 1.29 is 14.3 Å². The molecule has 2 heterocycles. The number of hydrogen-bond donors (Lipinski definition) is 0. The number of rotatable bonds is 8. The minimum Gasteiger partial charge on any atom is -0.497 e. The van der Waals surface area contributed by atoms with E-state index in [1.807, 2.05) is 55.1 Å². The van der Waals surface area contributed by atoms with Crippen LogP contribution < -0.4 is 9.64 Å². The Bertz CT molecular complexity index is 1190. The van der Waals surface area contributed by atoms with E-state index in [4.69, 9.17) is 4.74 Å². The molecule has 6 heteroatoms. The third-order valence-corrected chi connectivity index (χ3v) is 5.83. The number of nitrogens with zero attached hydrogens (tertiary/aromatic N) is 3. The second-order valence-corrected chi connectivity index (χ2v) is 7.92. The maximum atomic E-state index is 13.7. The molecule has 0 radical (unpaired) electrons. The standard InChI is InChI=1S/C27H27N3O3/c1-4-29(17-14-20-12-15-28-16-13-20)25-24(21-10-8-19(2)9-11-21)26(31)30(27(25)32)22-6-5-7-23(18-22)33-3/h5-13,15-16,18H,4,14,17H2,1-3H3. The molecule has 6 nitrogen and oxygen atoms in total. The first-order valence-electron chi connectivity index (χ1n) is 11.0. The van der Waals surface area contributed by atoms with Gasteiger partial charge in [0.15, 0.2) is 0 Å². The van der Waals surface area contributed by atoms with Gasteiger partial charge < -0.3 is 9.64 Å². The summed E-state index contributed by atoms with van der Waals surface area (Å²) in [6.45, 7) is 5.20. The maximum Gasteiger partial charge on any atom is 0.282 e. The van der Waals surface area contributed by atoms with E-state index in [0.717, 1.165) is 23.1 Å². The molecule has 2 amide bonds. The summed E-state index contributed by atoms with van der Waals surface area (Å²) in [4.78, 5) is 34.7. The Labute approximate surface area is 194 Å². The summed E-state index contributed by atoms with van der Waals surface area (Å²) in [6.07, 6.45) is 4.26. The zero-order valence-electron chi connectivity index (χ0n) is 19.1. The summed E-state index contributed by atoms with van der Waals surface area (Å²) in [5.41, 5.74) is 4.31. The molecule has 168 valence electrons. The third kappa shape index (κ3) is 4.51. The first-order chi connectivity index (χ1) is 16.0. The summed E-state index contributed by atoms with van der Waals surface area (Å²) in [7, 11) is 1.56. The van der Waals surface area contributed by atoms with E-state index in [0.29, 0.717) is 35.8 Å². The lowest BCUT2D eigenvalue weighted by Crippen LogP contribution is -2.36. The van der Waals surface area contributed by atoms with Crippen LogP contribution in [0.3, 0.4) is 0 Å². The number of imide groups is 1. The van der Waals surface area contributed by atoms with Gasteiger partial charge in [-0.05, 0) is 55.7 Å². The van der Waals surface area contributed by atoms with Gasteiger partial charge in [0.05, 0.1) is 18.4 Å². The zero-order chi connectivity index (χ0) is 23.4. The molecule has 3 aromatic rings. The minimum atomic E-state index is -0.325. The van der Waals surface area contributed by atoms with E-state index in [1.165, 1.54) is 4.90 Å². The van der Waals surface area contributed by atoms with Crippen LogP contribution in [-0.2, 0) is 16.0 Å². The Hall–Kier alpha value is -3.93. The molecule has 1 aliphatic rings. The number of amides is 2. The van der Waals surface area contributed by atoms with E-state index in [1.54, 1.807) is 43.8 Å². The van der Waals surface area contributed by atoms with Crippen LogP contribution in [0.4, 0.5) is 5.69 Å². The van der Waals surface area contributed by atoms with Crippen molar-refractivity contribution in [2.24, 2.45) is 0 Å². The predicted octanol–water partition coefficient (Wildman–Crippen LogP) is 4.25. The van der Waals surface area contributed by atoms with Crippen LogP contribution in [0.1, 0.15) is 23.6 Å². The fraction of sp³-hybridized carbons (Fsp3) is 0.222. The molecule has 0 atom stereocenters. The van der Waals surface area contributed by atoms with Crippen molar-refractivity contribution in [2.45, 2.75) is 20.3 Å². The van der Waals surface area contributed by atoms with Gasteiger partial charge in [0.2, 0.25) is 0 Å². The molecule has 0 aliphatic carbocycles. The highest BCUT2D eigenvalue weighted by molar-refractivity contribution is 6.45. The molecule has 33 heavy (non-hydrogen) atoms. The number of hydrogen-bond acceptors (Lipinski definition) is 5. The van der Waals surface area contributed by atoms with E-state index in [2.05, 4.69) is 4.98 Å². The van der Waals surface area contributed by atoms with Crippen LogP contribution in [0.15, 0.2) is 78.8 Å². The molecular formula is C27H27N3O3. The first kappa shape index (κ1) is 22.3. The molecule has 4 rings (SSSR count). The second kappa shape index (κ2) is 9.69. The lowest BCUT2D eigenvalue weighted by Gasteiger charge is -2.25. The molecule has 0 unspecified atom stereocenters. The van der Waals surface area contributed by atoms with Gasteiger partial charge in [-0.1, -0.05) is 35.9 Å². The predicted molar refractivity (Wildman–Crippen MR) is 129 cm³/mol. The maximum absolute atomic E-state index is 13.7. The Morgan fingerprint density at radius 2 is 1.70 bits per heavy atom. The van der Waals surface area contributed by atoms with Crippen LogP contribution in [0.25, 0.3) is 5.57 Å². The SMILES string of the molecule is CCN(CCc1ccncc1)C1=C(c2ccc(C)cc2)C(=O)N(c2cccc(OC)c2)C1=O. The number of aromatic nitrogens is 1. The summed E-state index contributed by atoms with van der Waals surface area (Å²) < 4.78 is 5.31. The number of methoxy groups -OCH3 is 1. The number of carbonyl (C=O) groups is 2. The Morgan fingerprint density at radius 3 is 2.36 bits per heavy atom. The number of pyridine rings is 1. The van der Waals surface area contributed by atoms with Crippen molar-refractivity contribution in [3.05, 3.63) is 95.4 Å². The van der Waals surface area contributed by atoms with Gasteiger partial charge in [-0.15, -0.1) is 0 Å². The largest absolute Gasteiger partial charge is 0.497 e. The van der Waals surface area contributed by atoms with Gasteiger partial charge in [0.25, 0.3) is 11.8 Å². The molecule has 0 saturated heterocycles. The summed E-state index contributed by atoms with van der Waals surface area (Å²) >= 11 is 0. The van der Waals surface area contributed by atoms with E-state index < -0.39 is 0 Å². The molecule has 0 fully saturated rings. The number of carbonyl (C=O) groups excluding carboxylic acids is 2. The number of ether oxygens (including phenoxy) is 1. The molecule has 0 bridgehead atoms. The van der Waals surface area contributed by atoms with Gasteiger partial charge in [0.1, 0.15) is 11.4 Å². The average Bonchev–Trinajstić information content (AvgIpc) is 3.10. The van der Waals surface area contributed by atoms with Gasteiger partial charge in [0, 0.05) is 31.5 Å². The lowest BCUT2D eigenvalue weighted by molar-refractivity contribution is -0.120. The van der Waals surface area contributed by atoms with Crippen molar-refractivity contribution in [1.82, 2.24) is 9.88 Å².